The second-order valence-electron chi connectivity index (χ2n) is 3.01. The van der Waals surface area contributed by atoms with Crippen molar-refractivity contribution in [2.45, 2.75) is 18.7 Å². The predicted molar refractivity (Wildman–Crippen MR) is 61.6 cm³/mol. The Morgan fingerprint density at radius 1 is 1.27 bits per heavy atom. The molecular formula is C10H10ClNO2S. The number of hydrogen-bond donors (Lipinski definition) is 1. The SMILES string of the molecule is Cc1cccc(C)c1SC(=O)NC(=O)Cl. The molecule has 1 aromatic rings. The second kappa shape index (κ2) is 5.19. The van der Waals surface area contributed by atoms with Gasteiger partial charge in [-0.15, -0.1) is 0 Å². The van der Waals surface area contributed by atoms with Crippen LogP contribution in [0.3, 0.4) is 0 Å². The van der Waals surface area contributed by atoms with Crippen molar-refractivity contribution in [2.75, 3.05) is 0 Å². The molecule has 1 N–H and O–H groups in total. The molecule has 0 bridgehead atoms. The lowest BCUT2D eigenvalue weighted by molar-refractivity contribution is 0.250. The largest absolute Gasteiger partial charge is 0.321 e. The van der Waals surface area contributed by atoms with E-state index in [0.717, 1.165) is 27.8 Å². The molecule has 0 radical (unpaired) electrons. The highest BCUT2D eigenvalue weighted by molar-refractivity contribution is 8.13. The Bertz CT molecular complexity index is 386. The monoisotopic (exact) mass is 243 g/mol. The van der Waals surface area contributed by atoms with Gasteiger partial charge in [-0.3, -0.25) is 14.9 Å². The number of hydrogen-bond acceptors (Lipinski definition) is 3. The molecule has 2 amide bonds. The number of amides is 2. The molecule has 0 saturated heterocycles. The van der Waals surface area contributed by atoms with Gasteiger partial charge in [0.25, 0.3) is 5.24 Å². The van der Waals surface area contributed by atoms with E-state index in [-0.39, 0.29) is 0 Å². The summed E-state index contributed by atoms with van der Waals surface area (Å²) >= 11 is 6.00. The number of halogens is 1. The van der Waals surface area contributed by atoms with Gasteiger partial charge in [0, 0.05) is 4.90 Å². The molecule has 5 heteroatoms. The van der Waals surface area contributed by atoms with Gasteiger partial charge in [0.15, 0.2) is 0 Å². The summed E-state index contributed by atoms with van der Waals surface area (Å²) in [6.45, 7) is 3.82. The van der Waals surface area contributed by atoms with E-state index >= 15 is 0 Å². The van der Waals surface area contributed by atoms with Crippen LogP contribution in [0.15, 0.2) is 23.1 Å². The van der Waals surface area contributed by atoms with Crippen molar-refractivity contribution in [3.05, 3.63) is 29.3 Å². The standard InChI is InChI=1S/C10H10ClNO2S/c1-6-4-3-5-7(2)8(6)15-10(14)12-9(11)13/h3-5H,1-2H3,(H,12,13,14). The van der Waals surface area contributed by atoms with E-state index in [0.29, 0.717) is 0 Å². The molecule has 0 unspecified atom stereocenters. The molecule has 0 fully saturated rings. The Hall–Kier alpha value is -1.000. The lowest BCUT2D eigenvalue weighted by Gasteiger charge is -2.07. The summed E-state index contributed by atoms with van der Waals surface area (Å²) in [5.41, 5.74) is 1.99. The fraction of sp³-hybridized carbons (Fsp3) is 0.200. The van der Waals surface area contributed by atoms with Crippen LogP contribution < -0.4 is 5.32 Å². The van der Waals surface area contributed by atoms with Crippen LogP contribution in [0.4, 0.5) is 9.59 Å². The van der Waals surface area contributed by atoms with E-state index in [1.807, 2.05) is 37.4 Å². The van der Waals surface area contributed by atoms with Crippen LogP contribution in [0, 0.1) is 13.8 Å². The van der Waals surface area contributed by atoms with Crippen LogP contribution in [0.25, 0.3) is 0 Å². The van der Waals surface area contributed by atoms with Gasteiger partial charge in [-0.1, -0.05) is 18.2 Å². The second-order valence-corrected chi connectivity index (χ2v) is 4.34. The highest BCUT2D eigenvalue weighted by Gasteiger charge is 2.10. The molecule has 0 spiro atoms. The minimum Gasteiger partial charge on any atom is -0.273 e. The van der Waals surface area contributed by atoms with E-state index in [9.17, 15) is 9.59 Å². The summed E-state index contributed by atoms with van der Waals surface area (Å²) in [5, 5.41) is 0.669. The number of imide groups is 1. The van der Waals surface area contributed by atoms with Crippen molar-refractivity contribution < 1.29 is 9.59 Å². The van der Waals surface area contributed by atoms with Gasteiger partial charge in [0.2, 0.25) is 0 Å². The number of carbonyl (C=O) groups excluding carboxylic acids is 2. The Kier molecular flexibility index (Phi) is 4.17. The molecule has 80 valence electrons. The zero-order chi connectivity index (χ0) is 11.4. The number of thioether (sulfide) groups is 1. The van der Waals surface area contributed by atoms with Crippen LogP contribution >= 0.6 is 23.4 Å². The Balaban J connectivity index is 2.80. The van der Waals surface area contributed by atoms with Crippen molar-refractivity contribution in [2.24, 2.45) is 0 Å². The van der Waals surface area contributed by atoms with Crippen LogP contribution in [0.5, 0.6) is 0 Å². The van der Waals surface area contributed by atoms with Gasteiger partial charge in [0.1, 0.15) is 0 Å². The average molecular weight is 244 g/mol. The van der Waals surface area contributed by atoms with E-state index < -0.39 is 10.6 Å². The van der Waals surface area contributed by atoms with Crippen molar-refractivity contribution in [3.8, 4) is 0 Å². The molecule has 0 aliphatic heterocycles. The summed E-state index contributed by atoms with van der Waals surface area (Å²) in [6.07, 6.45) is 0. The smallest absolute Gasteiger partial charge is 0.273 e. The number of rotatable bonds is 1. The van der Waals surface area contributed by atoms with Crippen molar-refractivity contribution >= 4 is 34.0 Å². The first-order valence-electron chi connectivity index (χ1n) is 4.25. The number of carbonyl (C=O) groups is 2. The fourth-order valence-corrected chi connectivity index (χ4v) is 2.09. The van der Waals surface area contributed by atoms with Crippen LogP contribution in [-0.2, 0) is 0 Å². The summed E-state index contributed by atoms with van der Waals surface area (Å²) in [7, 11) is 0. The molecule has 0 heterocycles. The first kappa shape index (κ1) is 12.1. The third kappa shape index (κ3) is 3.57. The molecule has 0 aliphatic carbocycles. The number of benzene rings is 1. The van der Waals surface area contributed by atoms with Crippen LogP contribution in [-0.4, -0.2) is 10.6 Å². The number of aryl methyl sites for hydroxylation is 2. The zero-order valence-corrected chi connectivity index (χ0v) is 9.91. The highest BCUT2D eigenvalue weighted by Crippen LogP contribution is 2.26. The van der Waals surface area contributed by atoms with E-state index in [4.69, 9.17) is 11.6 Å². The lowest BCUT2D eigenvalue weighted by atomic mass is 10.2. The highest BCUT2D eigenvalue weighted by atomic mass is 35.5. The first-order valence-corrected chi connectivity index (χ1v) is 5.44. The zero-order valence-electron chi connectivity index (χ0n) is 8.33. The minimum atomic E-state index is -0.862. The van der Waals surface area contributed by atoms with Gasteiger partial charge >= 0.3 is 5.37 Å². The average Bonchev–Trinajstić information content (AvgIpc) is 2.10. The van der Waals surface area contributed by atoms with E-state index in [1.165, 1.54) is 0 Å². The minimum absolute atomic E-state index is 0.465. The predicted octanol–water partition coefficient (Wildman–Crippen LogP) is 3.46. The van der Waals surface area contributed by atoms with Crippen molar-refractivity contribution in [3.63, 3.8) is 0 Å². The maximum absolute atomic E-state index is 11.3. The lowest BCUT2D eigenvalue weighted by Crippen LogP contribution is -2.20. The topological polar surface area (TPSA) is 46.2 Å². The summed E-state index contributed by atoms with van der Waals surface area (Å²) in [6, 6.07) is 5.73. The molecule has 15 heavy (non-hydrogen) atoms. The third-order valence-corrected chi connectivity index (χ3v) is 3.03. The van der Waals surface area contributed by atoms with Crippen molar-refractivity contribution in [1.82, 2.24) is 5.32 Å². The number of nitrogens with one attached hydrogen (secondary N) is 1. The van der Waals surface area contributed by atoms with Crippen LogP contribution in [0.1, 0.15) is 11.1 Å². The molecule has 0 aliphatic rings. The Morgan fingerprint density at radius 2 is 1.80 bits per heavy atom. The van der Waals surface area contributed by atoms with E-state index in [2.05, 4.69) is 0 Å². The molecule has 1 rings (SSSR count). The van der Waals surface area contributed by atoms with Gasteiger partial charge < -0.3 is 0 Å². The first-order chi connectivity index (χ1) is 7.00. The van der Waals surface area contributed by atoms with Gasteiger partial charge in [-0.25, -0.2) is 0 Å². The molecule has 0 aromatic heterocycles. The molecule has 3 nitrogen and oxygen atoms in total. The quantitative estimate of drug-likeness (QED) is 0.467. The van der Waals surface area contributed by atoms with E-state index in [1.54, 1.807) is 0 Å². The Labute approximate surface area is 97.2 Å². The summed E-state index contributed by atoms with van der Waals surface area (Å²) in [4.78, 5) is 22.6. The maximum Gasteiger partial charge on any atom is 0.321 e. The fourth-order valence-electron chi connectivity index (χ4n) is 1.16. The van der Waals surface area contributed by atoms with Gasteiger partial charge in [0.05, 0.1) is 0 Å². The molecule has 1 aromatic carbocycles. The normalized spacial score (nSPS) is 9.80. The van der Waals surface area contributed by atoms with Gasteiger partial charge in [-0.05, 0) is 48.3 Å². The van der Waals surface area contributed by atoms with Crippen LogP contribution in [0.2, 0.25) is 0 Å². The van der Waals surface area contributed by atoms with Gasteiger partial charge in [-0.2, -0.15) is 0 Å². The summed E-state index contributed by atoms with van der Waals surface area (Å²) < 4.78 is 0. The molecular weight excluding hydrogens is 234 g/mol. The molecule has 0 atom stereocenters. The van der Waals surface area contributed by atoms with Crippen molar-refractivity contribution in [1.29, 1.82) is 0 Å². The molecule has 0 saturated carbocycles. The maximum atomic E-state index is 11.3. The third-order valence-electron chi connectivity index (χ3n) is 1.80. The Morgan fingerprint density at radius 3 is 2.27 bits per heavy atom. The summed E-state index contributed by atoms with van der Waals surface area (Å²) in [5.74, 6) is 0.